The zero-order chi connectivity index (χ0) is 22.6. The number of carbonyl (C=O) groups is 1. The van der Waals surface area contributed by atoms with Gasteiger partial charge in [0.05, 0.1) is 28.8 Å². The number of piperidine rings is 1. The van der Waals surface area contributed by atoms with Crippen molar-refractivity contribution in [1.82, 2.24) is 9.21 Å². The highest BCUT2D eigenvalue weighted by Gasteiger charge is 2.33. The molecule has 3 rings (SSSR count). The SMILES string of the molecule is COc1ccc(CN(C)C(=O)[C@H]2CCCN(S(=O)(=O)Cc3ccc(Cl)c(Cl)c3)C2)cc1. The zero-order valence-corrected chi connectivity index (χ0v) is 19.9. The van der Waals surface area contributed by atoms with E-state index in [1.165, 1.54) is 4.31 Å². The van der Waals surface area contributed by atoms with E-state index >= 15 is 0 Å². The van der Waals surface area contributed by atoms with Gasteiger partial charge in [0.2, 0.25) is 15.9 Å². The Hall–Kier alpha value is -1.80. The molecule has 0 spiro atoms. The van der Waals surface area contributed by atoms with Crippen LogP contribution >= 0.6 is 23.2 Å². The minimum absolute atomic E-state index is 0.0507. The Morgan fingerprint density at radius 3 is 2.45 bits per heavy atom. The maximum atomic E-state index is 13.0. The second-order valence-electron chi connectivity index (χ2n) is 7.74. The lowest BCUT2D eigenvalue weighted by molar-refractivity contribution is -0.135. The van der Waals surface area contributed by atoms with Gasteiger partial charge < -0.3 is 9.64 Å². The number of hydrogen-bond donors (Lipinski definition) is 0. The van der Waals surface area contributed by atoms with Crippen LogP contribution in [0.5, 0.6) is 5.75 Å². The van der Waals surface area contributed by atoms with E-state index in [0.29, 0.717) is 41.5 Å². The predicted octanol–water partition coefficient (Wildman–Crippen LogP) is 4.20. The van der Waals surface area contributed by atoms with E-state index in [0.717, 1.165) is 11.3 Å². The number of amides is 1. The minimum Gasteiger partial charge on any atom is -0.497 e. The molecule has 2 aromatic carbocycles. The lowest BCUT2D eigenvalue weighted by Crippen LogP contribution is -2.46. The molecule has 31 heavy (non-hydrogen) atoms. The summed E-state index contributed by atoms with van der Waals surface area (Å²) in [5, 5.41) is 0.701. The first-order valence-electron chi connectivity index (χ1n) is 9.99. The molecule has 0 aliphatic carbocycles. The molecule has 1 amide bonds. The molecule has 168 valence electrons. The van der Waals surface area contributed by atoms with Crippen molar-refractivity contribution in [2.75, 3.05) is 27.2 Å². The third-order valence-electron chi connectivity index (χ3n) is 5.41. The summed E-state index contributed by atoms with van der Waals surface area (Å²) in [6.07, 6.45) is 1.32. The topological polar surface area (TPSA) is 66.9 Å². The number of halogens is 2. The van der Waals surface area contributed by atoms with Crippen LogP contribution in [-0.2, 0) is 27.1 Å². The number of carbonyl (C=O) groups excluding carboxylic acids is 1. The molecular weight excluding hydrogens is 459 g/mol. The van der Waals surface area contributed by atoms with Crippen molar-refractivity contribution >= 4 is 39.1 Å². The van der Waals surface area contributed by atoms with Crippen LogP contribution in [0.4, 0.5) is 0 Å². The number of nitrogens with zero attached hydrogens (tertiary/aromatic N) is 2. The molecule has 1 heterocycles. The van der Waals surface area contributed by atoms with Gasteiger partial charge in [-0.25, -0.2) is 12.7 Å². The van der Waals surface area contributed by atoms with E-state index in [4.69, 9.17) is 27.9 Å². The summed E-state index contributed by atoms with van der Waals surface area (Å²) < 4.78 is 32.5. The molecule has 2 aromatic rings. The normalized spacial score (nSPS) is 17.4. The van der Waals surface area contributed by atoms with Crippen LogP contribution in [0.3, 0.4) is 0 Å². The monoisotopic (exact) mass is 484 g/mol. The number of rotatable bonds is 7. The summed E-state index contributed by atoms with van der Waals surface area (Å²) in [5.41, 5.74) is 1.55. The van der Waals surface area contributed by atoms with Crippen LogP contribution < -0.4 is 4.74 Å². The van der Waals surface area contributed by atoms with Gasteiger partial charge >= 0.3 is 0 Å². The molecule has 1 saturated heterocycles. The van der Waals surface area contributed by atoms with E-state index in [1.54, 1.807) is 37.3 Å². The first-order valence-corrected chi connectivity index (χ1v) is 12.4. The fraction of sp³-hybridized carbons (Fsp3) is 0.409. The van der Waals surface area contributed by atoms with Crippen molar-refractivity contribution in [1.29, 1.82) is 0 Å². The first-order chi connectivity index (χ1) is 14.7. The summed E-state index contributed by atoms with van der Waals surface area (Å²) in [5.74, 6) is 0.172. The molecule has 0 aromatic heterocycles. The number of benzene rings is 2. The molecule has 1 aliphatic rings. The van der Waals surface area contributed by atoms with Crippen molar-refractivity contribution < 1.29 is 17.9 Å². The van der Waals surface area contributed by atoms with Crippen LogP contribution in [0, 0.1) is 5.92 Å². The van der Waals surface area contributed by atoms with Crippen LogP contribution in [0.1, 0.15) is 24.0 Å². The Morgan fingerprint density at radius 1 is 1.13 bits per heavy atom. The fourth-order valence-electron chi connectivity index (χ4n) is 3.72. The van der Waals surface area contributed by atoms with E-state index in [9.17, 15) is 13.2 Å². The average molecular weight is 485 g/mol. The van der Waals surface area contributed by atoms with Crippen molar-refractivity contribution in [3.8, 4) is 5.75 Å². The van der Waals surface area contributed by atoms with Crippen LogP contribution in [-0.4, -0.2) is 50.8 Å². The number of sulfonamides is 1. The first kappa shape index (κ1) is 23.9. The van der Waals surface area contributed by atoms with Gasteiger partial charge in [-0.15, -0.1) is 0 Å². The third kappa shape index (κ3) is 6.13. The smallest absolute Gasteiger partial charge is 0.227 e. The van der Waals surface area contributed by atoms with Gasteiger partial charge in [0.1, 0.15) is 5.75 Å². The molecule has 6 nitrogen and oxygen atoms in total. The van der Waals surface area contributed by atoms with E-state index in [-0.39, 0.29) is 24.1 Å². The van der Waals surface area contributed by atoms with Gasteiger partial charge in [-0.05, 0) is 48.2 Å². The van der Waals surface area contributed by atoms with Crippen LogP contribution in [0.15, 0.2) is 42.5 Å². The Kier molecular flexibility index (Phi) is 7.86. The quantitative estimate of drug-likeness (QED) is 0.590. The third-order valence-corrected chi connectivity index (χ3v) is 7.97. The Morgan fingerprint density at radius 2 is 1.81 bits per heavy atom. The number of ether oxygens (including phenoxy) is 1. The molecule has 0 saturated carbocycles. The summed E-state index contributed by atoms with van der Waals surface area (Å²) in [6.45, 7) is 1.06. The van der Waals surface area contributed by atoms with Gasteiger partial charge in [0, 0.05) is 26.7 Å². The highest BCUT2D eigenvalue weighted by atomic mass is 35.5. The second-order valence-corrected chi connectivity index (χ2v) is 10.5. The minimum atomic E-state index is -3.58. The summed E-state index contributed by atoms with van der Waals surface area (Å²) >= 11 is 11.9. The van der Waals surface area contributed by atoms with E-state index < -0.39 is 10.0 Å². The zero-order valence-electron chi connectivity index (χ0n) is 17.6. The maximum Gasteiger partial charge on any atom is 0.227 e. The summed E-state index contributed by atoms with van der Waals surface area (Å²) in [7, 11) is -0.226. The molecule has 0 unspecified atom stereocenters. The molecule has 9 heteroatoms. The molecule has 1 atom stereocenters. The summed E-state index contributed by atoms with van der Waals surface area (Å²) in [4.78, 5) is 14.6. The van der Waals surface area contributed by atoms with Crippen molar-refractivity contribution in [3.63, 3.8) is 0 Å². The lowest BCUT2D eigenvalue weighted by atomic mass is 9.98. The maximum absolute atomic E-state index is 13.0. The van der Waals surface area contributed by atoms with Crippen LogP contribution in [0.25, 0.3) is 0 Å². The van der Waals surface area contributed by atoms with Gasteiger partial charge in [0.15, 0.2) is 0 Å². The van der Waals surface area contributed by atoms with E-state index in [1.807, 2.05) is 24.3 Å². The van der Waals surface area contributed by atoms with Gasteiger partial charge in [-0.3, -0.25) is 4.79 Å². The van der Waals surface area contributed by atoms with Crippen molar-refractivity contribution in [3.05, 3.63) is 63.6 Å². The number of hydrogen-bond acceptors (Lipinski definition) is 4. The van der Waals surface area contributed by atoms with E-state index in [2.05, 4.69) is 0 Å². The Labute approximate surface area is 193 Å². The van der Waals surface area contributed by atoms with Crippen molar-refractivity contribution in [2.45, 2.75) is 25.1 Å². The van der Waals surface area contributed by atoms with Crippen molar-refractivity contribution in [2.24, 2.45) is 5.92 Å². The predicted molar refractivity (Wildman–Crippen MR) is 123 cm³/mol. The lowest BCUT2D eigenvalue weighted by Gasteiger charge is -2.33. The molecular formula is C22H26Cl2N2O4S. The Balaban J connectivity index is 1.63. The fourth-order valence-corrected chi connectivity index (χ4v) is 5.64. The van der Waals surface area contributed by atoms with Crippen LogP contribution in [0.2, 0.25) is 10.0 Å². The summed E-state index contributed by atoms with van der Waals surface area (Å²) in [6, 6.07) is 12.3. The second kappa shape index (κ2) is 10.2. The molecule has 0 bridgehead atoms. The molecule has 1 aliphatic heterocycles. The van der Waals surface area contributed by atoms with Gasteiger partial charge in [-0.2, -0.15) is 0 Å². The van der Waals surface area contributed by atoms with Gasteiger partial charge in [0.25, 0.3) is 0 Å². The average Bonchev–Trinajstić information content (AvgIpc) is 2.76. The largest absolute Gasteiger partial charge is 0.497 e. The highest BCUT2D eigenvalue weighted by Crippen LogP contribution is 2.26. The molecule has 0 N–H and O–H groups in total. The molecule has 1 fully saturated rings. The Bertz CT molecular complexity index is 1030. The number of methoxy groups -OCH3 is 1. The standard InChI is InChI=1S/C22H26Cl2N2O4S/c1-25(13-16-5-8-19(30-2)9-6-16)22(27)18-4-3-11-26(14-18)31(28,29)15-17-7-10-20(23)21(24)12-17/h5-10,12,18H,3-4,11,13-15H2,1-2H3/t18-/m0/s1. The molecule has 0 radical (unpaired) electrons. The highest BCUT2D eigenvalue weighted by molar-refractivity contribution is 7.88. The van der Waals surface area contributed by atoms with Gasteiger partial charge in [-0.1, -0.05) is 41.4 Å².